The van der Waals surface area contributed by atoms with Gasteiger partial charge in [0.2, 0.25) is 0 Å². The van der Waals surface area contributed by atoms with E-state index in [1.165, 1.54) is 6.21 Å². The zero-order valence-corrected chi connectivity index (χ0v) is 6.23. The van der Waals surface area contributed by atoms with Gasteiger partial charge >= 0.3 is 0 Å². The first-order valence-corrected chi connectivity index (χ1v) is 3.16. The van der Waals surface area contributed by atoms with E-state index in [4.69, 9.17) is 5.84 Å². The van der Waals surface area contributed by atoms with Gasteiger partial charge in [-0.05, 0) is 6.07 Å². The Morgan fingerprint density at radius 2 is 2.45 bits per heavy atom. The van der Waals surface area contributed by atoms with Crippen molar-refractivity contribution in [3.8, 4) is 5.75 Å². The third kappa shape index (κ3) is 1.46. The molecule has 0 atom stereocenters. The number of pyridine rings is 1. The van der Waals surface area contributed by atoms with Crippen LogP contribution < -0.4 is 10.4 Å². The van der Waals surface area contributed by atoms with Crippen molar-refractivity contribution in [1.29, 1.82) is 0 Å². The van der Waals surface area contributed by atoms with Gasteiger partial charge < -0.3 is 10.9 Å². The van der Waals surface area contributed by atoms with Gasteiger partial charge in [0.1, 0.15) is 13.3 Å². The maximum atomic E-state index is 9.25. The molecular weight excluding hydrogens is 142 g/mol. The molecule has 3 N–H and O–H groups in total. The molecule has 0 unspecified atom stereocenters. The summed E-state index contributed by atoms with van der Waals surface area (Å²) in [5, 5.41) is 12.6. The van der Waals surface area contributed by atoms with Gasteiger partial charge in [-0.3, -0.25) is 0 Å². The number of hydrogen-bond acceptors (Lipinski definition) is 3. The fourth-order valence-electron chi connectivity index (χ4n) is 0.837. The first-order valence-electron chi connectivity index (χ1n) is 3.16. The number of hydrazone groups is 1. The predicted molar refractivity (Wildman–Crippen MR) is 41.1 cm³/mol. The van der Waals surface area contributed by atoms with Crippen molar-refractivity contribution in [2.75, 3.05) is 0 Å². The van der Waals surface area contributed by atoms with Gasteiger partial charge in [0.25, 0.3) is 5.69 Å². The van der Waals surface area contributed by atoms with Crippen molar-refractivity contribution in [1.82, 2.24) is 0 Å². The molecule has 1 rings (SSSR count). The maximum absolute atomic E-state index is 9.25. The van der Waals surface area contributed by atoms with E-state index in [-0.39, 0.29) is 5.75 Å². The van der Waals surface area contributed by atoms with Crippen molar-refractivity contribution in [2.24, 2.45) is 18.0 Å². The van der Waals surface area contributed by atoms with E-state index in [1.807, 2.05) is 0 Å². The fourth-order valence-corrected chi connectivity index (χ4v) is 0.837. The second kappa shape index (κ2) is 3.01. The highest BCUT2D eigenvalue weighted by Gasteiger charge is 2.07. The highest BCUT2D eigenvalue weighted by molar-refractivity contribution is 5.78. The van der Waals surface area contributed by atoms with Crippen molar-refractivity contribution in [3.05, 3.63) is 24.0 Å². The van der Waals surface area contributed by atoms with Gasteiger partial charge in [0, 0.05) is 6.07 Å². The van der Waals surface area contributed by atoms with E-state index in [9.17, 15) is 5.11 Å². The zero-order valence-electron chi connectivity index (χ0n) is 6.23. The summed E-state index contributed by atoms with van der Waals surface area (Å²) >= 11 is 0. The maximum Gasteiger partial charge on any atom is 0.267 e. The fraction of sp³-hybridized carbons (Fsp3) is 0.143. The van der Waals surface area contributed by atoms with Crippen LogP contribution >= 0.6 is 0 Å². The highest BCUT2D eigenvalue weighted by Crippen LogP contribution is 2.07. The molecule has 0 aromatic carbocycles. The topological polar surface area (TPSA) is 62.5 Å². The van der Waals surface area contributed by atoms with Crippen LogP contribution in [0.1, 0.15) is 5.69 Å². The van der Waals surface area contributed by atoms with Crippen LogP contribution in [-0.4, -0.2) is 11.3 Å². The number of nitrogens with two attached hydrogens (primary N) is 1. The Labute approximate surface area is 64.6 Å². The molecule has 0 saturated carbocycles. The average Bonchev–Trinajstić information content (AvgIpc) is 1.97. The van der Waals surface area contributed by atoms with Crippen molar-refractivity contribution in [3.63, 3.8) is 0 Å². The molecule has 58 valence electrons. The van der Waals surface area contributed by atoms with Crippen LogP contribution in [0.5, 0.6) is 5.75 Å². The van der Waals surface area contributed by atoms with Crippen molar-refractivity contribution < 1.29 is 9.67 Å². The minimum Gasteiger partial charge on any atom is -0.502 e. The molecule has 4 heteroatoms. The van der Waals surface area contributed by atoms with E-state index >= 15 is 0 Å². The molecule has 1 aromatic rings. The van der Waals surface area contributed by atoms with Gasteiger partial charge in [-0.1, -0.05) is 0 Å². The van der Waals surface area contributed by atoms with Crippen molar-refractivity contribution >= 4 is 6.21 Å². The Morgan fingerprint density at radius 1 is 1.73 bits per heavy atom. The molecule has 11 heavy (non-hydrogen) atoms. The minimum atomic E-state index is 0.171. The van der Waals surface area contributed by atoms with E-state index in [2.05, 4.69) is 5.10 Å². The molecule has 0 spiro atoms. The minimum absolute atomic E-state index is 0.171. The monoisotopic (exact) mass is 152 g/mol. The molecule has 4 nitrogen and oxygen atoms in total. The number of aromatic nitrogens is 1. The van der Waals surface area contributed by atoms with Crippen LogP contribution in [0.4, 0.5) is 0 Å². The summed E-state index contributed by atoms with van der Waals surface area (Å²) in [7, 11) is 1.80. The molecular formula is C7H10N3O+. The Hall–Kier alpha value is -1.58. The lowest BCUT2D eigenvalue weighted by Crippen LogP contribution is -2.32. The second-order valence-electron chi connectivity index (χ2n) is 2.17. The predicted octanol–water partition coefficient (Wildman–Crippen LogP) is -0.491. The highest BCUT2D eigenvalue weighted by atomic mass is 16.3. The summed E-state index contributed by atoms with van der Waals surface area (Å²) < 4.78 is 1.73. The smallest absolute Gasteiger partial charge is 0.267 e. The summed E-state index contributed by atoms with van der Waals surface area (Å²) in [4.78, 5) is 0. The quantitative estimate of drug-likeness (QED) is 0.247. The number of nitrogens with zero attached hydrogens (tertiary/aromatic N) is 2. The summed E-state index contributed by atoms with van der Waals surface area (Å²) in [5.41, 5.74) is 0.593. The molecule has 0 aliphatic carbocycles. The number of rotatable bonds is 1. The first kappa shape index (κ1) is 7.53. The van der Waals surface area contributed by atoms with Gasteiger partial charge in [-0.15, -0.1) is 0 Å². The summed E-state index contributed by atoms with van der Waals surface area (Å²) in [6.07, 6.45) is 3.20. The molecule has 0 aliphatic rings. The molecule has 1 heterocycles. The van der Waals surface area contributed by atoms with Crippen LogP contribution in [0.15, 0.2) is 23.4 Å². The Kier molecular flexibility index (Phi) is 2.06. The average molecular weight is 152 g/mol. The van der Waals surface area contributed by atoms with E-state index < -0.39 is 0 Å². The lowest BCUT2D eigenvalue weighted by Gasteiger charge is -1.94. The Morgan fingerprint density at radius 3 is 3.00 bits per heavy atom. The normalized spacial score (nSPS) is 10.6. The van der Waals surface area contributed by atoms with E-state index in [0.29, 0.717) is 5.69 Å². The lowest BCUT2D eigenvalue weighted by atomic mass is 10.3. The standard InChI is InChI=1S/C7H9N3O/c1-10-4-2-3-7(11)6(10)5-9-8/h2-5,8,11H,1H3/p+1. The van der Waals surface area contributed by atoms with Crippen LogP contribution in [0, 0.1) is 0 Å². The Bertz CT molecular complexity index is 263. The molecule has 0 radical (unpaired) electrons. The zero-order chi connectivity index (χ0) is 8.27. The van der Waals surface area contributed by atoms with E-state index in [0.717, 1.165) is 0 Å². The number of hydrogen-bond donors (Lipinski definition) is 2. The van der Waals surface area contributed by atoms with Crippen molar-refractivity contribution in [2.45, 2.75) is 0 Å². The third-order valence-corrected chi connectivity index (χ3v) is 1.40. The molecule has 0 fully saturated rings. The van der Waals surface area contributed by atoms with Crippen LogP contribution in [-0.2, 0) is 7.05 Å². The number of aromatic hydroxyl groups is 1. The lowest BCUT2D eigenvalue weighted by molar-refractivity contribution is -0.672. The summed E-state index contributed by atoms with van der Waals surface area (Å²) in [5.74, 6) is 5.11. The van der Waals surface area contributed by atoms with Gasteiger partial charge in [0.15, 0.2) is 11.9 Å². The first-order chi connectivity index (χ1) is 5.25. The molecule has 0 aliphatic heterocycles. The largest absolute Gasteiger partial charge is 0.502 e. The van der Waals surface area contributed by atoms with Crippen LogP contribution in [0.2, 0.25) is 0 Å². The molecule has 0 bridgehead atoms. The second-order valence-corrected chi connectivity index (χ2v) is 2.17. The molecule has 1 aromatic heterocycles. The SMILES string of the molecule is C[n+]1cccc(O)c1/C=N/N. The van der Waals surface area contributed by atoms with E-state index in [1.54, 1.807) is 29.9 Å². The summed E-state index contributed by atoms with van der Waals surface area (Å²) in [6, 6.07) is 3.32. The molecule has 0 saturated heterocycles. The Balaban J connectivity index is 3.20. The third-order valence-electron chi connectivity index (χ3n) is 1.40. The summed E-state index contributed by atoms with van der Waals surface area (Å²) in [6.45, 7) is 0. The van der Waals surface area contributed by atoms with Crippen LogP contribution in [0.3, 0.4) is 0 Å². The van der Waals surface area contributed by atoms with Gasteiger partial charge in [-0.25, -0.2) is 0 Å². The molecule has 0 amide bonds. The van der Waals surface area contributed by atoms with Crippen LogP contribution in [0.25, 0.3) is 0 Å². The number of aryl methyl sites for hydroxylation is 1. The van der Waals surface area contributed by atoms with Gasteiger partial charge in [-0.2, -0.15) is 9.67 Å². The van der Waals surface area contributed by atoms with Gasteiger partial charge in [0.05, 0.1) is 0 Å².